The van der Waals surface area contributed by atoms with Crippen LogP contribution < -0.4 is 10.9 Å². The van der Waals surface area contributed by atoms with Crippen LogP contribution in [0.15, 0.2) is 64.2 Å². The molecule has 0 aliphatic heterocycles. The highest BCUT2D eigenvalue weighted by Crippen LogP contribution is 2.16. The SMILES string of the molecule is O=C(Nc1ccc(=O)n(Cc2ccccc2Cl)c1)c1ccsc1. The smallest absolute Gasteiger partial charge is 0.256 e. The van der Waals surface area contributed by atoms with Gasteiger partial charge >= 0.3 is 0 Å². The number of hydrogen-bond acceptors (Lipinski definition) is 3. The zero-order chi connectivity index (χ0) is 16.2. The largest absolute Gasteiger partial charge is 0.321 e. The van der Waals surface area contributed by atoms with Crippen molar-refractivity contribution < 1.29 is 4.79 Å². The first-order chi connectivity index (χ1) is 11.1. The van der Waals surface area contributed by atoms with Crippen LogP contribution in [0.1, 0.15) is 15.9 Å². The zero-order valence-electron chi connectivity index (χ0n) is 12.0. The van der Waals surface area contributed by atoms with E-state index in [4.69, 9.17) is 11.6 Å². The second kappa shape index (κ2) is 6.81. The van der Waals surface area contributed by atoms with Crippen LogP contribution in [-0.2, 0) is 6.54 Å². The highest BCUT2D eigenvalue weighted by Gasteiger charge is 2.08. The fourth-order valence-corrected chi connectivity index (χ4v) is 2.97. The number of hydrogen-bond donors (Lipinski definition) is 1. The third-order valence-corrected chi connectivity index (χ3v) is 4.38. The molecule has 0 spiro atoms. The molecule has 4 nitrogen and oxygen atoms in total. The molecule has 2 aromatic heterocycles. The van der Waals surface area contributed by atoms with E-state index in [-0.39, 0.29) is 11.5 Å². The van der Waals surface area contributed by atoms with E-state index < -0.39 is 0 Å². The topological polar surface area (TPSA) is 51.1 Å². The second-order valence-corrected chi connectivity index (χ2v) is 6.13. The molecule has 0 aliphatic rings. The van der Waals surface area contributed by atoms with Crippen molar-refractivity contribution in [3.05, 3.63) is 85.9 Å². The molecule has 2 heterocycles. The van der Waals surface area contributed by atoms with Crippen molar-refractivity contribution in [2.45, 2.75) is 6.54 Å². The average molecular weight is 345 g/mol. The second-order valence-electron chi connectivity index (χ2n) is 4.94. The van der Waals surface area contributed by atoms with Gasteiger partial charge in [-0.15, -0.1) is 0 Å². The lowest BCUT2D eigenvalue weighted by Gasteiger charge is -2.10. The van der Waals surface area contributed by atoms with Gasteiger partial charge in [-0.2, -0.15) is 11.3 Å². The molecule has 23 heavy (non-hydrogen) atoms. The van der Waals surface area contributed by atoms with Crippen LogP contribution in [0.3, 0.4) is 0 Å². The summed E-state index contributed by atoms with van der Waals surface area (Å²) in [6.45, 7) is 0.348. The molecule has 0 bridgehead atoms. The Morgan fingerprint density at radius 3 is 2.74 bits per heavy atom. The molecule has 0 fully saturated rings. The summed E-state index contributed by atoms with van der Waals surface area (Å²) in [6, 6.07) is 12.1. The monoisotopic (exact) mass is 344 g/mol. The van der Waals surface area contributed by atoms with E-state index in [0.29, 0.717) is 22.8 Å². The Morgan fingerprint density at radius 1 is 1.17 bits per heavy atom. The summed E-state index contributed by atoms with van der Waals surface area (Å²) >= 11 is 7.59. The van der Waals surface area contributed by atoms with Gasteiger partial charge in [0.2, 0.25) is 0 Å². The van der Waals surface area contributed by atoms with Gasteiger partial charge in [0.25, 0.3) is 11.5 Å². The number of amides is 1. The van der Waals surface area contributed by atoms with E-state index in [1.807, 2.05) is 23.6 Å². The molecular formula is C17H13ClN2O2S. The number of nitrogens with one attached hydrogen (secondary N) is 1. The van der Waals surface area contributed by atoms with Gasteiger partial charge in [0.1, 0.15) is 0 Å². The highest BCUT2D eigenvalue weighted by atomic mass is 35.5. The Balaban J connectivity index is 1.83. The summed E-state index contributed by atoms with van der Waals surface area (Å²) in [7, 11) is 0. The van der Waals surface area contributed by atoms with Crippen LogP contribution in [0.5, 0.6) is 0 Å². The maximum Gasteiger partial charge on any atom is 0.256 e. The number of carbonyl (C=O) groups is 1. The quantitative estimate of drug-likeness (QED) is 0.781. The Kier molecular flexibility index (Phi) is 4.60. The summed E-state index contributed by atoms with van der Waals surface area (Å²) in [5, 5.41) is 7.00. The minimum atomic E-state index is -0.200. The van der Waals surface area contributed by atoms with Gasteiger partial charge in [-0.3, -0.25) is 9.59 Å². The van der Waals surface area contributed by atoms with Gasteiger partial charge in [0.15, 0.2) is 0 Å². The predicted molar refractivity (Wildman–Crippen MR) is 93.5 cm³/mol. The number of benzene rings is 1. The van der Waals surface area contributed by atoms with Crippen LogP contribution in [-0.4, -0.2) is 10.5 Å². The minimum absolute atomic E-state index is 0.154. The Labute approximate surface area is 142 Å². The fourth-order valence-electron chi connectivity index (χ4n) is 2.14. The van der Waals surface area contributed by atoms with E-state index in [0.717, 1.165) is 5.56 Å². The molecule has 1 N–H and O–H groups in total. The van der Waals surface area contributed by atoms with E-state index in [2.05, 4.69) is 5.32 Å². The number of anilines is 1. The maximum atomic E-state index is 12.1. The first-order valence-corrected chi connectivity index (χ1v) is 8.23. The average Bonchev–Trinajstić information content (AvgIpc) is 3.07. The molecule has 0 saturated carbocycles. The molecular weight excluding hydrogens is 332 g/mol. The molecule has 3 rings (SSSR count). The molecule has 0 atom stereocenters. The maximum absolute atomic E-state index is 12.1. The van der Waals surface area contributed by atoms with Crippen molar-refractivity contribution in [3.8, 4) is 0 Å². The van der Waals surface area contributed by atoms with Crippen LogP contribution in [0, 0.1) is 0 Å². The van der Waals surface area contributed by atoms with Crippen molar-refractivity contribution in [3.63, 3.8) is 0 Å². The lowest BCUT2D eigenvalue weighted by atomic mass is 10.2. The molecule has 116 valence electrons. The summed E-state index contributed by atoms with van der Waals surface area (Å²) in [6.07, 6.45) is 1.62. The summed E-state index contributed by atoms with van der Waals surface area (Å²) in [4.78, 5) is 24.1. The van der Waals surface area contributed by atoms with Crippen molar-refractivity contribution in [2.75, 3.05) is 5.32 Å². The molecule has 1 aromatic carbocycles. The van der Waals surface area contributed by atoms with Crippen molar-refractivity contribution in [2.24, 2.45) is 0 Å². The Hall–Kier alpha value is -2.37. The van der Waals surface area contributed by atoms with Crippen LogP contribution >= 0.6 is 22.9 Å². The molecule has 1 amide bonds. The van der Waals surface area contributed by atoms with Gasteiger partial charge in [-0.25, -0.2) is 0 Å². The van der Waals surface area contributed by atoms with Gasteiger partial charge in [0, 0.05) is 22.7 Å². The van der Waals surface area contributed by atoms with Gasteiger partial charge < -0.3 is 9.88 Å². The summed E-state index contributed by atoms with van der Waals surface area (Å²) in [5.74, 6) is -0.200. The van der Waals surface area contributed by atoms with Gasteiger partial charge in [-0.1, -0.05) is 29.8 Å². The lowest BCUT2D eigenvalue weighted by molar-refractivity contribution is 0.102. The number of carbonyl (C=O) groups excluding carboxylic acids is 1. The minimum Gasteiger partial charge on any atom is -0.321 e. The highest BCUT2D eigenvalue weighted by molar-refractivity contribution is 7.08. The van der Waals surface area contributed by atoms with E-state index in [9.17, 15) is 9.59 Å². The van der Waals surface area contributed by atoms with E-state index >= 15 is 0 Å². The third-order valence-electron chi connectivity index (χ3n) is 3.32. The standard InChI is InChI=1S/C17H13ClN2O2S/c18-15-4-2-1-3-12(15)9-20-10-14(5-6-16(20)21)19-17(22)13-7-8-23-11-13/h1-8,10-11H,9H2,(H,19,22). The molecule has 0 unspecified atom stereocenters. The third kappa shape index (κ3) is 3.70. The molecule has 0 saturated heterocycles. The Bertz CT molecular complexity index is 888. The predicted octanol–water partition coefficient (Wildman–Crippen LogP) is 3.86. The first kappa shape index (κ1) is 15.5. The number of halogens is 1. The van der Waals surface area contributed by atoms with Crippen LogP contribution in [0.2, 0.25) is 5.02 Å². The summed E-state index contributed by atoms with van der Waals surface area (Å²) < 4.78 is 1.52. The van der Waals surface area contributed by atoms with Crippen LogP contribution in [0.4, 0.5) is 5.69 Å². The fraction of sp³-hybridized carbons (Fsp3) is 0.0588. The molecule has 6 heteroatoms. The Morgan fingerprint density at radius 2 is 2.00 bits per heavy atom. The van der Waals surface area contributed by atoms with Crippen molar-refractivity contribution in [1.29, 1.82) is 0 Å². The number of thiophene rings is 1. The van der Waals surface area contributed by atoms with E-state index in [1.54, 1.807) is 29.8 Å². The lowest BCUT2D eigenvalue weighted by Crippen LogP contribution is -2.21. The summed E-state index contributed by atoms with van der Waals surface area (Å²) in [5.41, 5.74) is 1.85. The van der Waals surface area contributed by atoms with Crippen molar-refractivity contribution in [1.82, 2.24) is 4.57 Å². The van der Waals surface area contributed by atoms with Crippen LogP contribution in [0.25, 0.3) is 0 Å². The number of pyridine rings is 1. The van der Waals surface area contributed by atoms with Gasteiger partial charge in [0.05, 0.1) is 17.8 Å². The van der Waals surface area contributed by atoms with Gasteiger partial charge in [-0.05, 0) is 29.1 Å². The number of rotatable bonds is 4. The van der Waals surface area contributed by atoms with Crippen molar-refractivity contribution >= 4 is 34.5 Å². The normalized spacial score (nSPS) is 10.5. The molecule has 0 aliphatic carbocycles. The molecule has 0 radical (unpaired) electrons. The number of nitrogens with zero attached hydrogens (tertiary/aromatic N) is 1. The number of aromatic nitrogens is 1. The molecule has 3 aromatic rings. The first-order valence-electron chi connectivity index (χ1n) is 6.91. The van der Waals surface area contributed by atoms with E-state index in [1.165, 1.54) is 22.0 Å². The zero-order valence-corrected chi connectivity index (χ0v) is 13.6.